The summed E-state index contributed by atoms with van der Waals surface area (Å²) in [6.45, 7) is 4.30. The van der Waals surface area contributed by atoms with Gasteiger partial charge in [0.05, 0.1) is 16.4 Å². The molecule has 0 atom stereocenters. The first-order chi connectivity index (χ1) is 17.5. The van der Waals surface area contributed by atoms with E-state index in [-0.39, 0.29) is 5.91 Å². The third-order valence-corrected chi connectivity index (χ3v) is 6.78. The number of hydrogen-bond donors (Lipinski definition) is 2. The van der Waals surface area contributed by atoms with Crippen LogP contribution in [0.15, 0.2) is 42.5 Å². The maximum absolute atomic E-state index is 13.2. The smallest absolute Gasteiger partial charge is 0.286 e. The van der Waals surface area contributed by atoms with Crippen molar-refractivity contribution in [3.63, 3.8) is 0 Å². The topological polar surface area (TPSA) is 76.2 Å². The lowest BCUT2D eigenvalue weighted by molar-refractivity contribution is 0.0743. The highest BCUT2D eigenvalue weighted by molar-refractivity contribution is 6.35. The van der Waals surface area contributed by atoms with Crippen LogP contribution < -0.4 is 11.2 Å². The van der Waals surface area contributed by atoms with E-state index in [0.29, 0.717) is 28.0 Å². The van der Waals surface area contributed by atoms with Crippen molar-refractivity contribution in [2.24, 2.45) is 5.73 Å². The number of halogens is 2. The van der Waals surface area contributed by atoms with Gasteiger partial charge in [-0.1, -0.05) is 53.6 Å². The average molecular weight is 524 g/mol. The fourth-order valence-corrected chi connectivity index (χ4v) is 4.80. The predicted octanol–water partition coefficient (Wildman–Crippen LogP) is 5.77. The van der Waals surface area contributed by atoms with Gasteiger partial charge in [0.2, 0.25) is 0 Å². The molecule has 0 bridgehead atoms. The van der Waals surface area contributed by atoms with Crippen LogP contribution in [0.2, 0.25) is 10.0 Å². The van der Waals surface area contributed by atoms with Crippen molar-refractivity contribution in [2.45, 2.75) is 45.4 Å². The molecule has 3 aromatic rings. The molecule has 8 heteroatoms. The van der Waals surface area contributed by atoms with Gasteiger partial charge in [-0.25, -0.2) is 9.69 Å². The van der Waals surface area contributed by atoms with Gasteiger partial charge in [-0.2, -0.15) is 5.10 Å². The van der Waals surface area contributed by atoms with Gasteiger partial charge < -0.3 is 5.73 Å². The summed E-state index contributed by atoms with van der Waals surface area (Å²) in [7, 11) is 0. The molecule has 1 fully saturated rings. The van der Waals surface area contributed by atoms with Crippen molar-refractivity contribution < 1.29 is 4.79 Å². The predicted molar refractivity (Wildman–Crippen MR) is 146 cm³/mol. The Morgan fingerprint density at radius 2 is 1.83 bits per heavy atom. The summed E-state index contributed by atoms with van der Waals surface area (Å²) in [5.74, 6) is 6.19. The van der Waals surface area contributed by atoms with Gasteiger partial charge in [0.15, 0.2) is 5.69 Å². The molecular weight excluding hydrogens is 493 g/mol. The quantitative estimate of drug-likeness (QED) is 0.304. The van der Waals surface area contributed by atoms with Crippen molar-refractivity contribution in [3.8, 4) is 28.8 Å². The average Bonchev–Trinajstić information content (AvgIpc) is 3.21. The molecule has 2 heterocycles. The van der Waals surface area contributed by atoms with Crippen LogP contribution in [-0.4, -0.2) is 40.3 Å². The number of carbonyl (C=O) groups excluding carboxylic acids is 1. The van der Waals surface area contributed by atoms with Crippen molar-refractivity contribution >= 4 is 29.1 Å². The molecule has 0 saturated carbocycles. The molecule has 1 saturated heterocycles. The van der Waals surface area contributed by atoms with Gasteiger partial charge >= 0.3 is 0 Å². The molecule has 1 aromatic heterocycles. The van der Waals surface area contributed by atoms with E-state index in [9.17, 15) is 4.79 Å². The van der Waals surface area contributed by atoms with Crippen molar-refractivity contribution in [1.29, 1.82) is 0 Å². The van der Waals surface area contributed by atoms with E-state index in [4.69, 9.17) is 34.0 Å². The molecule has 3 N–H and O–H groups in total. The number of nitrogens with zero attached hydrogens (tertiary/aromatic N) is 3. The summed E-state index contributed by atoms with van der Waals surface area (Å²) in [6, 6.07) is 13.2. The molecule has 36 heavy (non-hydrogen) atoms. The molecule has 0 spiro atoms. The lowest BCUT2D eigenvalue weighted by atomic mass is 10.0. The molecule has 1 aliphatic rings. The molecule has 6 nitrogen and oxygen atoms in total. The number of aromatic nitrogens is 2. The van der Waals surface area contributed by atoms with Gasteiger partial charge in [-0.05, 0) is 69.5 Å². The lowest BCUT2D eigenvalue weighted by Gasteiger charge is -2.26. The Bertz CT molecular complexity index is 1270. The van der Waals surface area contributed by atoms with Crippen LogP contribution in [-0.2, 0) is 0 Å². The number of carbonyl (C=O) groups is 1. The molecule has 1 amide bonds. The van der Waals surface area contributed by atoms with Crippen molar-refractivity contribution in [3.05, 3.63) is 69.3 Å². The monoisotopic (exact) mass is 523 g/mol. The van der Waals surface area contributed by atoms with E-state index in [1.54, 1.807) is 16.8 Å². The van der Waals surface area contributed by atoms with E-state index in [2.05, 4.69) is 17.3 Å². The molecular formula is C28H31Cl2N5O. The molecule has 188 valence electrons. The molecule has 0 radical (unpaired) electrons. The molecule has 1 aliphatic heterocycles. The standard InChI is InChI=1S/C28H31Cl2N5O/c1-20-26(28(36)33-34-17-7-4-8-18-34)32-35(25-15-14-23(29)19-24(25)30)27(20)22-12-10-21(11-13-22)9-5-2-3-6-16-31/h10-15,19H,2-4,6-8,16-18,31H2,1H3,(H,33,36). The van der Waals surface area contributed by atoms with Crippen LogP contribution in [0.25, 0.3) is 16.9 Å². The second kappa shape index (κ2) is 12.4. The number of piperidine rings is 1. The normalized spacial score (nSPS) is 13.8. The molecule has 4 rings (SSSR count). The minimum Gasteiger partial charge on any atom is -0.330 e. The summed E-state index contributed by atoms with van der Waals surface area (Å²) in [4.78, 5) is 13.2. The lowest BCUT2D eigenvalue weighted by Crippen LogP contribution is -2.45. The Kier molecular flexibility index (Phi) is 9.06. The third-order valence-electron chi connectivity index (χ3n) is 6.24. The number of hydrazine groups is 1. The van der Waals surface area contributed by atoms with E-state index < -0.39 is 0 Å². The number of nitrogens with two attached hydrogens (primary N) is 1. The minimum atomic E-state index is -0.223. The number of hydrogen-bond acceptors (Lipinski definition) is 4. The first kappa shape index (κ1) is 26.2. The Morgan fingerprint density at radius 1 is 1.08 bits per heavy atom. The Balaban J connectivity index is 1.69. The highest BCUT2D eigenvalue weighted by Crippen LogP contribution is 2.33. The van der Waals surface area contributed by atoms with Gasteiger partial charge in [-0.3, -0.25) is 10.2 Å². The first-order valence-electron chi connectivity index (χ1n) is 12.4. The third kappa shape index (κ3) is 6.29. The van der Waals surface area contributed by atoms with E-state index in [1.165, 1.54) is 6.42 Å². The zero-order valence-corrected chi connectivity index (χ0v) is 22.0. The Morgan fingerprint density at radius 3 is 2.53 bits per heavy atom. The van der Waals surface area contributed by atoms with Crippen LogP contribution >= 0.6 is 23.2 Å². The van der Waals surface area contributed by atoms with Crippen LogP contribution in [0.4, 0.5) is 0 Å². The van der Waals surface area contributed by atoms with Gasteiger partial charge in [0, 0.05) is 41.2 Å². The highest BCUT2D eigenvalue weighted by atomic mass is 35.5. The van der Waals surface area contributed by atoms with Crippen LogP contribution in [0.1, 0.15) is 60.1 Å². The van der Waals surface area contributed by atoms with E-state index in [0.717, 1.165) is 67.6 Å². The minimum absolute atomic E-state index is 0.223. The number of amides is 1. The maximum atomic E-state index is 13.2. The number of nitrogens with one attached hydrogen (secondary N) is 1. The summed E-state index contributed by atoms with van der Waals surface area (Å²) < 4.78 is 1.73. The molecule has 2 aromatic carbocycles. The van der Waals surface area contributed by atoms with Gasteiger partial charge in [-0.15, -0.1) is 0 Å². The van der Waals surface area contributed by atoms with Gasteiger partial charge in [0.25, 0.3) is 5.91 Å². The summed E-state index contributed by atoms with van der Waals surface area (Å²) in [6.07, 6.45) is 6.15. The fraction of sp³-hybridized carbons (Fsp3) is 0.357. The fourth-order valence-electron chi connectivity index (χ4n) is 4.31. The second-order valence-electron chi connectivity index (χ2n) is 8.94. The second-order valence-corrected chi connectivity index (χ2v) is 9.79. The van der Waals surface area contributed by atoms with Crippen LogP contribution in [0.3, 0.4) is 0 Å². The van der Waals surface area contributed by atoms with Crippen molar-refractivity contribution in [2.75, 3.05) is 19.6 Å². The number of unbranched alkanes of at least 4 members (excludes halogenated alkanes) is 2. The van der Waals surface area contributed by atoms with E-state index >= 15 is 0 Å². The summed E-state index contributed by atoms with van der Waals surface area (Å²) in [5.41, 5.74) is 13.0. The Hall–Kier alpha value is -2.82. The van der Waals surface area contributed by atoms with Gasteiger partial charge in [0.1, 0.15) is 0 Å². The summed E-state index contributed by atoms with van der Waals surface area (Å²) in [5, 5.41) is 7.68. The SMILES string of the molecule is Cc1c(C(=O)NN2CCCCC2)nn(-c2ccc(Cl)cc2Cl)c1-c1ccc(C#CCCCCN)cc1. The molecule has 0 aliphatic carbocycles. The number of rotatable bonds is 7. The Labute approximate surface area is 222 Å². The zero-order chi connectivity index (χ0) is 25.5. The number of benzene rings is 2. The van der Waals surface area contributed by atoms with Crippen molar-refractivity contribution in [1.82, 2.24) is 20.2 Å². The largest absolute Gasteiger partial charge is 0.330 e. The summed E-state index contributed by atoms with van der Waals surface area (Å²) >= 11 is 12.7. The zero-order valence-electron chi connectivity index (χ0n) is 20.5. The van der Waals surface area contributed by atoms with Crippen LogP contribution in [0.5, 0.6) is 0 Å². The highest BCUT2D eigenvalue weighted by Gasteiger charge is 2.24. The van der Waals surface area contributed by atoms with E-state index in [1.807, 2.05) is 42.3 Å². The first-order valence-corrected chi connectivity index (χ1v) is 13.1. The maximum Gasteiger partial charge on any atom is 0.286 e. The molecule has 0 unspecified atom stereocenters. The van der Waals surface area contributed by atoms with Crippen LogP contribution in [0, 0.1) is 18.8 Å².